The Morgan fingerprint density at radius 2 is 1.90 bits per heavy atom. The molecule has 0 aromatic carbocycles. The Kier molecular flexibility index (Phi) is 6.52. The molecule has 2 fully saturated rings. The molecule has 2 bridgehead atoms. The number of nitrogens with zero attached hydrogens (tertiary/aromatic N) is 4. The highest BCUT2D eigenvalue weighted by Gasteiger charge is 2.42. The van der Waals surface area contributed by atoms with Crippen molar-refractivity contribution in [2.45, 2.75) is 58.2 Å². The summed E-state index contributed by atoms with van der Waals surface area (Å²) in [4.78, 5) is 37.4. The highest BCUT2D eigenvalue weighted by atomic mass is 16.6. The second-order valence-electron chi connectivity index (χ2n) is 9.02. The van der Waals surface area contributed by atoms with Crippen LogP contribution in [0.2, 0.25) is 0 Å². The SMILES string of the molecule is CNC(=O)C(C=C(C)N)=Nc1ccc(N2C3CC[C@H]2CN(C(=O)OC(C)(C)C)C3)cn1. The highest BCUT2D eigenvalue weighted by molar-refractivity contribution is 6.43. The monoisotopic (exact) mass is 428 g/mol. The van der Waals surface area contributed by atoms with E-state index in [1.165, 1.54) is 6.08 Å². The van der Waals surface area contributed by atoms with E-state index >= 15 is 0 Å². The van der Waals surface area contributed by atoms with Crippen molar-refractivity contribution < 1.29 is 14.3 Å². The largest absolute Gasteiger partial charge is 0.444 e. The molecular formula is C22H32N6O3. The molecule has 3 rings (SSSR count). The fraction of sp³-hybridized carbons (Fsp3) is 0.545. The number of hydrogen-bond acceptors (Lipinski definition) is 7. The third kappa shape index (κ3) is 5.53. The predicted molar refractivity (Wildman–Crippen MR) is 120 cm³/mol. The Labute approximate surface area is 183 Å². The summed E-state index contributed by atoms with van der Waals surface area (Å²) in [6.07, 6.45) is 5.08. The average Bonchev–Trinajstić information content (AvgIpc) is 2.94. The number of ether oxygens (including phenoxy) is 1. The Balaban J connectivity index is 1.74. The lowest BCUT2D eigenvalue weighted by Crippen LogP contribution is -2.56. The number of nitrogens with one attached hydrogen (secondary N) is 1. The summed E-state index contributed by atoms with van der Waals surface area (Å²) in [6, 6.07) is 4.21. The third-order valence-electron chi connectivity index (χ3n) is 5.22. The standard InChI is InChI=1S/C22H32N6O3/c1-14(23)10-18(20(29)24-5)26-19-9-8-15(11-25-19)28-16-6-7-17(28)13-27(12-16)21(30)31-22(2,3)4/h8-11,16-17H,6-7,12-13,23H2,1-5H3,(H,24,29)/t16-,17?/m0/s1. The number of rotatable bonds is 4. The average molecular weight is 429 g/mol. The van der Waals surface area contributed by atoms with Gasteiger partial charge in [0.1, 0.15) is 11.3 Å². The minimum absolute atomic E-state index is 0.203. The fourth-order valence-corrected chi connectivity index (χ4v) is 4.01. The van der Waals surface area contributed by atoms with Gasteiger partial charge in [-0.3, -0.25) is 4.79 Å². The van der Waals surface area contributed by atoms with Crippen molar-refractivity contribution in [1.82, 2.24) is 15.2 Å². The number of fused-ring (bicyclic) bond motifs is 2. The molecule has 1 unspecified atom stereocenters. The van der Waals surface area contributed by atoms with Crippen LogP contribution in [0.5, 0.6) is 0 Å². The van der Waals surface area contributed by atoms with Gasteiger partial charge < -0.3 is 25.6 Å². The molecule has 1 aromatic rings. The zero-order chi connectivity index (χ0) is 22.8. The van der Waals surface area contributed by atoms with Gasteiger partial charge in [-0.1, -0.05) is 0 Å². The van der Waals surface area contributed by atoms with Crippen LogP contribution in [0.15, 0.2) is 35.1 Å². The number of pyridine rings is 1. The van der Waals surface area contributed by atoms with Crippen molar-refractivity contribution in [2.24, 2.45) is 10.7 Å². The first-order valence-corrected chi connectivity index (χ1v) is 10.5. The predicted octanol–water partition coefficient (Wildman–Crippen LogP) is 2.35. The van der Waals surface area contributed by atoms with Crippen LogP contribution in [0.25, 0.3) is 0 Å². The highest BCUT2D eigenvalue weighted by Crippen LogP contribution is 2.35. The number of aliphatic imine (C=N–C) groups is 1. The number of allylic oxidation sites excluding steroid dienone is 1. The maximum Gasteiger partial charge on any atom is 0.410 e. The summed E-state index contributed by atoms with van der Waals surface area (Å²) >= 11 is 0. The Morgan fingerprint density at radius 3 is 2.39 bits per heavy atom. The molecule has 9 nitrogen and oxygen atoms in total. The van der Waals surface area contributed by atoms with Crippen LogP contribution in [0.3, 0.4) is 0 Å². The van der Waals surface area contributed by atoms with E-state index in [0.29, 0.717) is 24.6 Å². The normalized spacial score (nSPS) is 21.8. The summed E-state index contributed by atoms with van der Waals surface area (Å²) < 4.78 is 5.55. The molecule has 0 radical (unpaired) electrons. The van der Waals surface area contributed by atoms with Gasteiger partial charge in [-0.25, -0.2) is 14.8 Å². The molecule has 2 saturated heterocycles. The summed E-state index contributed by atoms with van der Waals surface area (Å²) in [5.74, 6) is 0.103. The number of amides is 2. The number of hydrogen-bond donors (Lipinski definition) is 2. The van der Waals surface area contributed by atoms with Crippen LogP contribution in [-0.4, -0.2) is 65.4 Å². The lowest BCUT2D eigenvalue weighted by Gasteiger charge is -2.42. The van der Waals surface area contributed by atoms with E-state index in [2.05, 4.69) is 20.2 Å². The molecule has 168 valence electrons. The van der Waals surface area contributed by atoms with Crippen LogP contribution in [0, 0.1) is 0 Å². The smallest absolute Gasteiger partial charge is 0.410 e. The van der Waals surface area contributed by atoms with Crippen molar-refractivity contribution in [2.75, 3.05) is 25.0 Å². The molecule has 2 aliphatic rings. The van der Waals surface area contributed by atoms with Gasteiger partial charge in [0.25, 0.3) is 5.91 Å². The zero-order valence-corrected chi connectivity index (χ0v) is 18.9. The van der Waals surface area contributed by atoms with Gasteiger partial charge in [0.2, 0.25) is 0 Å². The minimum Gasteiger partial charge on any atom is -0.444 e. The minimum atomic E-state index is -0.501. The van der Waals surface area contributed by atoms with Gasteiger partial charge in [-0.15, -0.1) is 0 Å². The van der Waals surface area contributed by atoms with Crippen molar-refractivity contribution in [3.63, 3.8) is 0 Å². The van der Waals surface area contributed by atoms with E-state index in [-0.39, 0.29) is 29.8 Å². The summed E-state index contributed by atoms with van der Waals surface area (Å²) in [5.41, 5.74) is 6.88. The molecule has 0 saturated carbocycles. The van der Waals surface area contributed by atoms with E-state index in [4.69, 9.17) is 10.5 Å². The van der Waals surface area contributed by atoms with Gasteiger partial charge in [-0.05, 0) is 58.7 Å². The topological polar surface area (TPSA) is 113 Å². The van der Waals surface area contributed by atoms with E-state index in [9.17, 15) is 9.59 Å². The van der Waals surface area contributed by atoms with Crippen molar-refractivity contribution in [1.29, 1.82) is 0 Å². The molecule has 2 amide bonds. The van der Waals surface area contributed by atoms with E-state index in [0.717, 1.165) is 18.5 Å². The first-order valence-electron chi connectivity index (χ1n) is 10.5. The molecule has 3 N–H and O–H groups in total. The molecular weight excluding hydrogens is 396 g/mol. The van der Waals surface area contributed by atoms with Crippen molar-refractivity contribution in [3.05, 3.63) is 30.1 Å². The van der Waals surface area contributed by atoms with E-state index in [1.807, 2.05) is 31.7 Å². The van der Waals surface area contributed by atoms with Gasteiger partial charge in [0, 0.05) is 37.9 Å². The van der Waals surface area contributed by atoms with Gasteiger partial charge in [-0.2, -0.15) is 0 Å². The first kappa shape index (κ1) is 22.6. The Bertz CT molecular complexity index is 870. The molecule has 1 aromatic heterocycles. The fourth-order valence-electron chi connectivity index (χ4n) is 4.01. The third-order valence-corrected chi connectivity index (χ3v) is 5.22. The van der Waals surface area contributed by atoms with Crippen LogP contribution in [0.1, 0.15) is 40.5 Å². The van der Waals surface area contributed by atoms with Crippen LogP contribution < -0.4 is 16.0 Å². The lowest BCUT2D eigenvalue weighted by atomic mass is 10.1. The summed E-state index contributed by atoms with van der Waals surface area (Å²) in [6.45, 7) is 8.60. The number of piperazine rings is 1. The maximum absolute atomic E-state index is 12.5. The Hall–Kier alpha value is -3.10. The molecule has 9 heteroatoms. The van der Waals surface area contributed by atoms with E-state index < -0.39 is 5.60 Å². The quantitative estimate of drug-likeness (QED) is 0.712. The Morgan fingerprint density at radius 1 is 1.26 bits per heavy atom. The zero-order valence-electron chi connectivity index (χ0n) is 18.9. The maximum atomic E-state index is 12.5. The molecule has 0 aliphatic carbocycles. The van der Waals surface area contributed by atoms with Crippen LogP contribution in [-0.2, 0) is 9.53 Å². The van der Waals surface area contributed by atoms with Crippen molar-refractivity contribution >= 4 is 29.2 Å². The van der Waals surface area contributed by atoms with Crippen LogP contribution >= 0.6 is 0 Å². The number of aromatic nitrogens is 1. The first-order chi connectivity index (χ1) is 14.6. The molecule has 3 heterocycles. The molecule has 2 aliphatic heterocycles. The number of carbonyl (C=O) groups is 2. The summed E-state index contributed by atoms with van der Waals surface area (Å²) in [5, 5.41) is 2.55. The molecule has 31 heavy (non-hydrogen) atoms. The second-order valence-corrected chi connectivity index (χ2v) is 9.02. The van der Waals surface area contributed by atoms with Crippen LogP contribution in [0.4, 0.5) is 16.3 Å². The molecule has 0 spiro atoms. The second kappa shape index (κ2) is 8.95. The number of anilines is 1. The summed E-state index contributed by atoms with van der Waals surface area (Å²) in [7, 11) is 1.54. The van der Waals surface area contributed by atoms with Crippen molar-refractivity contribution in [3.8, 4) is 0 Å². The molecule has 2 atom stereocenters. The number of nitrogens with two attached hydrogens (primary N) is 1. The number of likely N-dealkylation sites (tertiary alicyclic amines) is 1. The van der Waals surface area contributed by atoms with Gasteiger partial charge in [0.05, 0.1) is 11.9 Å². The van der Waals surface area contributed by atoms with Gasteiger partial charge >= 0.3 is 6.09 Å². The lowest BCUT2D eigenvalue weighted by molar-refractivity contribution is -0.114. The van der Waals surface area contributed by atoms with Gasteiger partial charge in [0.15, 0.2) is 5.82 Å². The number of carbonyl (C=O) groups excluding carboxylic acids is 2. The van der Waals surface area contributed by atoms with E-state index in [1.54, 1.807) is 26.2 Å².